The Morgan fingerprint density at radius 1 is 0.805 bits per heavy atom. The van der Waals surface area contributed by atoms with Crippen molar-refractivity contribution in [3.05, 3.63) is 155 Å². The third-order valence-corrected chi connectivity index (χ3v) is 8.20. The zero-order valence-corrected chi connectivity index (χ0v) is 23.6. The Balaban J connectivity index is 1.80. The summed E-state index contributed by atoms with van der Waals surface area (Å²) in [5.41, 5.74) is 3.53. The third kappa shape index (κ3) is 4.92. The summed E-state index contributed by atoms with van der Waals surface area (Å²) in [7, 11) is -3.50. The summed E-state index contributed by atoms with van der Waals surface area (Å²) >= 11 is 6.29. The van der Waals surface area contributed by atoms with Gasteiger partial charge in [0.05, 0.1) is 11.3 Å². The van der Waals surface area contributed by atoms with Gasteiger partial charge in [0.2, 0.25) is 0 Å². The number of hydrogen-bond donors (Lipinski definition) is 0. The van der Waals surface area contributed by atoms with Crippen molar-refractivity contribution < 1.29 is 12.8 Å². The number of aromatic nitrogens is 3. The van der Waals surface area contributed by atoms with E-state index in [2.05, 4.69) is 4.98 Å². The lowest BCUT2D eigenvalue weighted by Crippen LogP contribution is -2.38. The minimum atomic E-state index is -3.50. The molecular formula is C33H25ClFN3O2S. The molecule has 0 fully saturated rings. The molecule has 0 aliphatic heterocycles. The molecule has 204 valence electrons. The van der Waals surface area contributed by atoms with Crippen LogP contribution in [0.15, 0.2) is 121 Å². The van der Waals surface area contributed by atoms with Crippen LogP contribution in [0, 0.1) is 5.82 Å². The highest BCUT2D eigenvalue weighted by Gasteiger charge is 2.41. The maximum Gasteiger partial charge on any atom is 0.151 e. The number of benzene rings is 4. The monoisotopic (exact) mass is 581 g/mol. The zero-order valence-electron chi connectivity index (χ0n) is 22.1. The molecule has 0 amide bonds. The topological polar surface area (TPSA) is 64.8 Å². The first-order valence-corrected chi connectivity index (χ1v) is 15.4. The summed E-state index contributed by atoms with van der Waals surface area (Å²) in [5.74, 6) is -1.05. The summed E-state index contributed by atoms with van der Waals surface area (Å²) in [4.78, 5) is 4.12. The van der Waals surface area contributed by atoms with Gasteiger partial charge in [-0.2, -0.15) is 5.10 Å². The van der Waals surface area contributed by atoms with Crippen LogP contribution in [0.3, 0.4) is 0 Å². The van der Waals surface area contributed by atoms with Crippen molar-refractivity contribution in [1.82, 2.24) is 14.8 Å². The van der Waals surface area contributed by atoms with E-state index in [1.54, 1.807) is 24.4 Å². The van der Waals surface area contributed by atoms with Crippen LogP contribution >= 0.6 is 11.6 Å². The van der Waals surface area contributed by atoms with Crippen LogP contribution < -0.4 is 0 Å². The second kappa shape index (κ2) is 10.6. The van der Waals surface area contributed by atoms with Gasteiger partial charge < -0.3 is 0 Å². The van der Waals surface area contributed by atoms with Gasteiger partial charge in [-0.3, -0.25) is 0 Å². The number of rotatable bonds is 7. The van der Waals surface area contributed by atoms with E-state index in [4.69, 9.17) is 16.7 Å². The minimum absolute atomic E-state index is 0.0747. The van der Waals surface area contributed by atoms with E-state index in [1.807, 2.05) is 95.7 Å². The van der Waals surface area contributed by atoms with Crippen LogP contribution in [0.5, 0.6) is 0 Å². The van der Waals surface area contributed by atoms with E-state index in [0.717, 1.165) is 22.9 Å². The smallest absolute Gasteiger partial charge is 0.151 e. The SMILES string of the molecule is CS(=O)(=O)Cc1cc2c(-c3ccnc(Cl)c3)nn(C(c3ccccc3)(c3ccccc3)c3ccccc3)c2cc1F. The number of sulfone groups is 1. The molecule has 0 saturated heterocycles. The van der Waals surface area contributed by atoms with Gasteiger partial charge in [0, 0.05) is 35.0 Å². The molecular weight excluding hydrogens is 557 g/mol. The van der Waals surface area contributed by atoms with Crippen molar-refractivity contribution in [3.8, 4) is 11.3 Å². The highest BCUT2D eigenvalue weighted by Crippen LogP contribution is 2.44. The highest BCUT2D eigenvalue weighted by atomic mass is 35.5. The number of hydrogen-bond acceptors (Lipinski definition) is 4. The number of nitrogens with zero attached hydrogens (tertiary/aromatic N) is 3. The summed E-state index contributed by atoms with van der Waals surface area (Å²) in [6, 6.07) is 36.3. The minimum Gasteiger partial charge on any atom is -0.245 e. The maximum atomic E-state index is 15.8. The predicted octanol–water partition coefficient (Wildman–Crippen LogP) is 7.28. The van der Waals surface area contributed by atoms with Crippen LogP contribution in [-0.2, 0) is 21.1 Å². The van der Waals surface area contributed by atoms with Crippen molar-refractivity contribution >= 4 is 32.3 Å². The molecule has 0 aliphatic rings. The molecule has 0 aliphatic carbocycles. The number of fused-ring (bicyclic) bond motifs is 1. The summed E-state index contributed by atoms with van der Waals surface area (Å²) in [5, 5.41) is 6.07. The fourth-order valence-electron chi connectivity index (χ4n) is 5.50. The Kier molecular flexibility index (Phi) is 6.93. The largest absolute Gasteiger partial charge is 0.245 e. The molecule has 0 spiro atoms. The Morgan fingerprint density at radius 2 is 1.34 bits per heavy atom. The maximum absolute atomic E-state index is 15.8. The molecule has 0 radical (unpaired) electrons. The molecule has 6 aromatic rings. The van der Waals surface area contributed by atoms with E-state index >= 15 is 4.39 Å². The lowest BCUT2D eigenvalue weighted by Gasteiger charge is -2.37. The van der Waals surface area contributed by atoms with E-state index in [-0.39, 0.29) is 10.7 Å². The van der Waals surface area contributed by atoms with Gasteiger partial charge in [-0.1, -0.05) is 103 Å². The van der Waals surface area contributed by atoms with Gasteiger partial charge in [-0.05, 0) is 34.9 Å². The zero-order chi connectivity index (χ0) is 28.6. The number of pyridine rings is 1. The van der Waals surface area contributed by atoms with Crippen LogP contribution in [0.25, 0.3) is 22.2 Å². The summed E-state index contributed by atoms with van der Waals surface area (Å²) < 4.78 is 42.0. The van der Waals surface area contributed by atoms with Crippen LogP contribution in [0.2, 0.25) is 5.15 Å². The van der Waals surface area contributed by atoms with Crippen LogP contribution in [0.4, 0.5) is 4.39 Å². The van der Waals surface area contributed by atoms with Crippen molar-refractivity contribution in [3.63, 3.8) is 0 Å². The van der Waals surface area contributed by atoms with Crippen molar-refractivity contribution in [2.75, 3.05) is 6.26 Å². The molecule has 41 heavy (non-hydrogen) atoms. The molecule has 0 atom stereocenters. The van der Waals surface area contributed by atoms with Crippen molar-refractivity contribution in [2.45, 2.75) is 11.3 Å². The summed E-state index contributed by atoms with van der Waals surface area (Å²) in [6.45, 7) is 0. The quantitative estimate of drug-likeness (QED) is 0.147. The Morgan fingerprint density at radius 3 is 1.83 bits per heavy atom. The van der Waals surface area contributed by atoms with Crippen LogP contribution in [-0.4, -0.2) is 29.4 Å². The molecule has 8 heteroatoms. The molecule has 0 saturated carbocycles. The van der Waals surface area contributed by atoms with E-state index in [0.29, 0.717) is 22.2 Å². The Labute approximate surface area is 242 Å². The molecule has 6 rings (SSSR count). The van der Waals surface area contributed by atoms with Crippen LogP contribution in [0.1, 0.15) is 22.3 Å². The molecule has 4 aromatic carbocycles. The first-order chi connectivity index (χ1) is 19.8. The normalized spacial score (nSPS) is 12.1. The van der Waals surface area contributed by atoms with Gasteiger partial charge in [0.25, 0.3) is 0 Å². The van der Waals surface area contributed by atoms with Gasteiger partial charge in [0.1, 0.15) is 22.2 Å². The second-order valence-electron chi connectivity index (χ2n) is 9.97. The van der Waals surface area contributed by atoms with Gasteiger partial charge in [0.15, 0.2) is 9.84 Å². The van der Waals surface area contributed by atoms with Gasteiger partial charge in [-0.25, -0.2) is 22.5 Å². The second-order valence-corrected chi connectivity index (χ2v) is 12.5. The van der Waals surface area contributed by atoms with Gasteiger partial charge in [-0.15, -0.1) is 0 Å². The van der Waals surface area contributed by atoms with E-state index in [1.165, 1.54) is 6.07 Å². The van der Waals surface area contributed by atoms with E-state index in [9.17, 15) is 8.42 Å². The fourth-order valence-corrected chi connectivity index (χ4v) is 6.46. The average molecular weight is 582 g/mol. The lowest BCUT2D eigenvalue weighted by atomic mass is 9.77. The van der Waals surface area contributed by atoms with Gasteiger partial charge >= 0.3 is 0 Å². The fraction of sp³-hybridized carbons (Fsp3) is 0.0909. The first kappa shape index (κ1) is 26.9. The Bertz CT molecular complexity index is 1870. The summed E-state index contributed by atoms with van der Waals surface area (Å²) in [6.07, 6.45) is 2.68. The predicted molar refractivity (Wildman–Crippen MR) is 161 cm³/mol. The standard InChI is InChI=1S/C33H25ClFN3O2S/c1-41(39,40)22-24-19-28-30(21-29(24)35)38(37-32(28)23-17-18-36-31(34)20-23)33(25-11-5-2-6-12-25,26-13-7-3-8-14-26)27-15-9-4-10-16-27/h2-21H,22H2,1H3. The Hall–Kier alpha value is -4.33. The molecule has 2 heterocycles. The highest BCUT2D eigenvalue weighted by molar-refractivity contribution is 7.89. The first-order valence-electron chi connectivity index (χ1n) is 13.0. The molecule has 5 nitrogen and oxygen atoms in total. The molecule has 0 N–H and O–H groups in total. The lowest BCUT2D eigenvalue weighted by molar-refractivity contribution is 0.476. The molecule has 0 unspecified atom stereocenters. The van der Waals surface area contributed by atoms with Crippen molar-refractivity contribution in [2.24, 2.45) is 0 Å². The van der Waals surface area contributed by atoms with E-state index < -0.39 is 26.9 Å². The average Bonchev–Trinajstić information content (AvgIpc) is 3.33. The molecule has 0 bridgehead atoms. The number of halogens is 2. The third-order valence-electron chi connectivity index (χ3n) is 7.16. The molecule has 2 aromatic heterocycles. The van der Waals surface area contributed by atoms with Crippen molar-refractivity contribution in [1.29, 1.82) is 0 Å².